The van der Waals surface area contributed by atoms with Crippen LogP contribution in [0.4, 0.5) is 0 Å². The zero-order valence-corrected chi connectivity index (χ0v) is 19.0. The SMILES string of the molecule is CCN(C)CCC(C)c1c[nH]c2c1CC=CC(NC1C=CC=C3OCCCOC3=C1)=C2. The summed E-state index contributed by atoms with van der Waals surface area (Å²) in [6.45, 7) is 8.17. The quantitative estimate of drug-likeness (QED) is 0.673. The average Bonchev–Trinajstić information content (AvgIpc) is 2.93. The summed E-state index contributed by atoms with van der Waals surface area (Å²) in [7, 11) is 2.19. The van der Waals surface area contributed by atoms with Gasteiger partial charge in [-0.25, -0.2) is 0 Å². The Kier molecular flexibility index (Phi) is 7.03. The van der Waals surface area contributed by atoms with Crippen molar-refractivity contribution in [1.82, 2.24) is 15.2 Å². The maximum Gasteiger partial charge on any atom is 0.160 e. The minimum atomic E-state index is 0.0424. The molecule has 166 valence electrons. The number of ether oxygens (including phenoxy) is 2. The molecule has 0 saturated carbocycles. The maximum atomic E-state index is 5.91. The number of aromatic amines is 1. The van der Waals surface area contributed by atoms with E-state index < -0.39 is 0 Å². The molecular formula is C26H35N3O2. The van der Waals surface area contributed by atoms with Crippen molar-refractivity contribution < 1.29 is 9.47 Å². The second kappa shape index (κ2) is 10.1. The third-order valence-corrected chi connectivity index (χ3v) is 6.27. The van der Waals surface area contributed by atoms with Crippen molar-refractivity contribution in [3.8, 4) is 0 Å². The van der Waals surface area contributed by atoms with Crippen molar-refractivity contribution in [3.05, 3.63) is 76.7 Å². The van der Waals surface area contributed by atoms with E-state index in [0.29, 0.717) is 19.1 Å². The van der Waals surface area contributed by atoms with Gasteiger partial charge in [0, 0.05) is 24.0 Å². The highest BCUT2D eigenvalue weighted by atomic mass is 16.5. The number of nitrogens with one attached hydrogen (secondary N) is 2. The molecule has 0 radical (unpaired) electrons. The first-order valence-electron chi connectivity index (χ1n) is 11.5. The topological polar surface area (TPSA) is 49.5 Å². The van der Waals surface area contributed by atoms with E-state index in [9.17, 15) is 0 Å². The van der Waals surface area contributed by atoms with Gasteiger partial charge in [0.1, 0.15) is 0 Å². The van der Waals surface area contributed by atoms with Crippen LogP contribution in [0.15, 0.2) is 59.9 Å². The summed E-state index contributed by atoms with van der Waals surface area (Å²) >= 11 is 0. The van der Waals surface area contributed by atoms with Gasteiger partial charge in [0.25, 0.3) is 0 Å². The van der Waals surface area contributed by atoms with E-state index in [4.69, 9.17) is 9.47 Å². The third-order valence-electron chi connectivity index (χ3n) is 6.27. The standard InChI is InChI=1S/C26H35N3O2/c1-4-29(3)13-12-19(2)23-18-27-24-16-20(8-5-10-22(23)24)28-21-9-6-11-25-26(17-21)31-15-7-14-30-25/h5-6,8-9,11,16-19,21,27-28H,4,7,10,12-15H2,1-3H3. The van der Waals surface area contributed by atoms with Gasteiger partial charge in [-0.1, -0.05) is 32.1 Å². The van der Waals surface area contributed by atoms with Crippen LogP contribution in [0, 0.1) is 0 Å². The normalized spacial score (nSPS) is 21.3. The summed E-state index contributed by atoms with van der Waals surface area (Å²) in [5.74, 6) is 2.19. The van der Waals surface area contributed by atoms with E-state index in [2.05, 4.69) is 72.7 Å². The Balaban J connectivity index is 1.48. The molecule has 5 nitrogen and oxygen atoms in total. The Labute approximate surface area is 186 Å². The molecular weight excluding hydrogens is 386 g/mol. The van der Waals surface area contributed by atoms with Crippen molar-refractivity contribution in [2.45, 2.75) is 45.1 Å². The summed E-state index contributed by atoms with van der Waals surface area (Å²) in [4.78, 5) is 5.90. The molecule has 1 aromatic heterocycles. The van der Waals surface area contributed by atoms with E-state index in [1.54, 1.807) is 0 Å². The molecule has 2 N–H and O–H groups in total. The zero-order chi connectivity index (χ0) is 21.6. The lowest BCUT2D eigenvalue weighted by atomic mass is 9.94. The lowest BCUT2D eigenvalue weighted by molar-refractivity contribution is 0.219. The molecule has 3 aliphatic rings. The lowest BCUT2D eigenvalue weighted by Crippen LogP contribution is -2.24. The number of rotatable bonds is 7. The van der Waals surface area contributed by atoms with Crippen LogP contribution in [-0.4, -0.2) is 49.3 Å². The molecule has 0 spiro atoms. The molecule has 1 fully saturated rings. The predicted octanol–water partition coefficient (Wildman–Crippen LogP) is 4.65. The molecule has 1 saturated heterocycles. The molecule has 2 atom stereocenters. The van der Waals surface area contributed by atoms with Crippen LogP contribution in [0.3, 0.4) is 0 Å². The zero-order valence-electron chi connectivity index (χ0n) is 19.0. The van der Waals surface area contributed by atoms with Crippen LogP contribution in [0.5, 0.6) is 0 Å². The number of nitrogens with zero attached hydrogens (tertiary/aromatic N) is 1. The Morgan fingerprint density at radius 2 is 2.10 bits per heavy atom. The number of fused-ring (bicyclic) bond motifs is 2. The lowest BCUT2D eigenvalue weighted by Gasteiger charge is -2.18. The number of hydrogen-bond donors (Lipinski definition) is 2. The molecule has 0 amide bonds. The summed E-state index contributed by atoms with van der Waals surface area (Å²) in [6, 6.07) is 0.0424. The first-order chi connectivity index (χ1) is 15.1. The molecule has 2 unspecified atom stereocenters. The van der Waals surface area contributed by atoms with Crippen LogP contribution in [0.2, 0.25) is 0 Å². The third kappa shape index (κ3) is 5.34. The largest absolute Gasteiger partial charge is 0.490 e. The van der Waals surface area contributed by atoms with E-state index in [1.807, 2.05) is 12.2 Å². The summed E-state index contributed by atoms with van der Waals surface area (Å²) in [6.07, 6.45) is 20.2. The maximum absolute atomic E-state index is 5.91. The second-order valence-electron chi connectivity index (χ2n) is 8.60. The van der Waals surface area contributed by atoms with Gasteiger partial charge < -0.3 is 24.7 Å². The molecule has 1 aromatic rings. The molecule has 2 aliphatic carbocycles. The van der Waals surface area contributed by atoms with Gasteiger partial charge in [0.2, 0.25) is 0 Å². The Morgan fingerprint density at radius 3 is 2.94 bits per heavy atom. The second-order valence-corrected chi connectivity index (χ2v) is 8.60. The van der Waals surface area contributed by atoms with E-state index in [0.717, 1.165) is 43.1 Å². The molecule has 31 heavy (non-hydrogen) atoms. The highest BCUT2D eigenvalue weighted by Crippen LogP contribution is 2.29. The van der Waals surface area contributed by atoms with Crippen molar-refractivity contribution >= 4 is 6.08 Å². The van der Waals surface area contributed by atoms with E-state index >= 15 is 0 Å². The van der Waals surface area contributed by atoms with Gasteiger partial charge in [-0.3, -0.25) is 0 Å². The Morgan fingerprint density at radius 1 is 1.26 bits per heavy atom. The first kappa shape index (κ1) is 21.6. The van der Waals surface area contributed by atoms with Gasteiger partial charge in [-0.05, 0) is 74.3 Å². The molecule has 5 heteroatoms. The van der Waals surface area contributed by atoms with Gasteiger partial charge >= 0.3 is 0 Å². The average molecular weight is 422 g/mol. The fourth-order valence-electron chi connectivity index (χ4n) is 4.20. The number of hydrogen-bond acceptors (Lipinski definition) is 4. The van der Waals surface area contributed by atoms with Gasteiger partial charge in [-0.15, -0.1) is 0 Å². The number of H-pyrrole nitrogens is 1. The van der Waals surface area contributed by atoms with Crippen molar-refractivity contribution in [3.63, 3.8) is 0 Å². The van der Waals surface area contributed by atoms with Crippen LogP contribution < -0.4 is 5.32 Å². The summed E-state index contributed by atoms with van der Waals surface area (Å²) < 4.78 is 11.7. The first-order valence-corrected chi connectivity index (χ1v) is 11.5. The smallest absolute Gasteiger partial charge is 0.160 e. The summed E-state index contributed by atoms with van der Waals surface area (Å²) in [5, 5.41) is 3.63. The Bertz CT molecular complexity index is 919. The highest BCUT2D eigenvalue weighted by molar-refractivity contribution is 5.60. The van der Waals surface area contributed by atoms with Crippen LogP contribution in [0.25, 0.3) is 6.08 Å². The minimum absolute atomic E-state index is 0.0424. The van der Waals surface area contributed by atoms with Gasteiger partial charge in [-0.2, -0.15) is 0 Å². The highest BCUT2D eigenvalue weighted by Gasteiger charge is 2.19. The molecule has 0 aromatic carbocycles. The number of allylic oxidation sites excluding steroid dienone is 4. The van der Waals surface area contributed by atoms with Gasteiger partial charge in [0.05, 0.1) is 19.3 Å². The van der Waals surface area contributed by atoms with E-state index in [1.165, 1.54) is 23.2 Å². The fourth-order valence-corrected chi connectivity index (χ4v) is 4.20. The van der Waals surface area contributed by atoms with Crippen LogP contribution >= 0.6 is 0 Å². The van der Waals surface area contributed by atoms with Crippen molar-refractivity contribution in [2.24, 2.45) is 0 Å². The fraction of sp³-hybridized carbons (Fsp3) is 0.462. The molecule has 0 bridgehead atoms. The van der Waals surface area contributed by atoms with Crippen LogP contribution in [0.1, 0.15) is 49.4 Å². The van der Waals surface area contributed by atoms with Crippen LogP contribution in [-0.2, 0) is 15.9 Å². The Hall–Kier alpha value is -2.66. The molecule has 4 rings (SSSR count). The predicted molar refractivity (Wildman–Crippen MR) is 127 cm³/mol. The van der Waals surface area contributed by atoms with Gasteiger partial charge in [0.15, 0.2) is 11.5 Å². The molecule has 2 heterocycles. The van der Waals surface area contributed by atoms with E-state index in [-0.39, 0.29) is 6.04 Å². The minimum Gasteiger partial charge on any atom is -0.490 e. The molecule has 1 aliphatic heterocycles. The number of aromatic nitrogens is 1. The summed E-state index contributed by atoms with van der Waals surface area (Å²) in [5.41, 5.74) is 5.15. The van der Waals surface area contributed by atoms with Crippen molar-refractivity contribution in [1.29, 1.82) is 0 Å². The monoisotopic (exact) mass is 421 g/mol. The van der Waals surface area contributed by atoms with Crippen molar-refractivity contribution in [2.75, 3.05) is 33.4 Å².